The number of hydrogen-bond acceptors (Lipinski definition) is 6. The third-order valence-corrected chi connectivity index (χ3v) is 7.89. The molecule has 0 aromatic heterocycles. The van der Waals surface area contributed by atoms with E-state index in [0.717, 1.165) is 0 Å². The zero-order chi connectivity index (χ0) is 27.6. The van der Waals surface area contributed by atoms with E-state index in [-0.39, 0.29) is 53.1 Å². The molecule has 0 bridgehead atoms. The molecule has 1 aromatic carbocycles. The van der Waals surface area contributed by atoms with Crippen molar-refractivity contribution in [2.75, 3.05) is 13.2 Å². The Hall–Kier alpha value is -2.55. The monoisotopic (exact) mass is 584 g/mol. The minimum atomic E-state index is -1.97. The number of benzene rings is 1. The lowest BCUT2D eigenvalue weighted by molar-refractivity contribution is -0.154. The van der Waals surface area contributed by atoms with E-state index in [9.17, 15) is 23.2 Å². The van der Waals surface area contributed by atoms with Gasteiger partial charge in [-0.2, -0.15) is 0 Å². The predicted octanol–water partition coefficient (Wildman–Crippen LogP) is 7.41. The van der Waals surface area contributed by atoms with Gasteiger partial charge in [-0.3, -0.25) is 4.79 Å². The van der Waals surface area contributed by atoms with Gasteiger partial charge in [-0.05, 0) is 59.3 Å². The molecule has 0 N–H and O–H groups in total. The first-order valence-electron chi connectivity index (χ1n) is 13.0. The number of allylic oxidation sites excluding steroid dienone is 2. The molecule has 0 aliphatic heterocycles. The first-order valence-corrected chi connectivity index (χ1v) is 16.4. The van der Waals surface area contributed by atoms with E-state index in [1.54, 1.807) is 13.8 Å². The van der Waals surface area contributed by atoms with Crippen LogP contribution in [0, 0.1) is 30.6 Å². The summed E-state index contributed by atoms with van der Waals surface area (Å²) in [6, 6.07) is 10.3. The van der Waals surface area contributed by atoms with Crippen molar-refractivity contribution >= 4 is 26.0 Å². The maximum atomic E-state index is 14.4. The predicted molar refractivity (Wildman–Crippen MR) is 158 cm³/mol. The van der Waals surface area contributed by atoms with Crippen LogP contribution in [-0.2, 0) is 28.3 Å². The molecule has 40 heavy (non-hydrogen) atoms. The number of ketones is 1. The molecule has 4 aliphatic rings. The maximum Gasteiger partial charge on any atom is 0.345 e. The Morgan fingerprint density at radius 3 is 1.77 bits per heavy atom. The standard InChI is InChI=1S/C12H19FO3Si.C9H11FO3.C7H8.3CH4/c1-5-15-11(14)12(13)8-6-7-9(10(8)12)16-17(2,3)4;1-2-13-8(12)9(10)5-3-4-6(11)7(5)9;1-7-5-3-2-4-6-7;;;/h7-8,10H,5-6H2,1-4H3;5,7H,2-4H2,1H3;2-6H,1H3;3*1H4/t8-,10-,12-;5-,7-,9-;;;;/m11..../s1. The second-order valence-electron chi connectivity index (χ2n) is 10.9. The van der Waals surface area contributed by atoms with Gasteiger partial charge >= 0.3 is 11.9 Å². The highest BCUT2D eigenvalue weighted by atomic mass is 28.4. The van der Waals surface area contributed by atoms with Crippen LogP contribution in [0.5, 0.6) is 0 Å². The summed E-state index contributed by atoms with van der Waals surface area (Å²) in [6.45, 7) is 11.9. The largest absolute Gasteiger partial charge is 0.547 e. The van der Waals surface area contributed by atoms with Crippen LogP contribution in [0.15, 0.2) is 42.2 Å². The van der Waals surface area contributed by atoms with Gasteiger partial charge in [0.2, 0.25) is 19.7 Å². The van der Waals surface area contributed by atoms with E-state index in [1.807, 2.05) is 43.9 Å². The van der Waals surface area contributed by atoms with Gasteiger partial charge in [0.05, 0.1) is 30.8 Å². The Morgan fingerprint density at radius 1 is 0.900 bits per heavy atom. The van der Waals surface area contributed by atoms with E-state index < -0.39 is 43.4 Å². The molecule has 9 heteroatoms. The van der Waals surface area contributed by atoms with Crippen molar-refractivity contribution in [3.63, 3.8) is 0 Å². The van der Waals surface area contributed by atoms with Crippen molar-refractivity contribution in [1.29, 1.82) is 0 Å². The van der Waals surface area contributed by atoms with Crippen molar-refractivity contribution in [2.45, 2.75) is 93.3 Å². The number of halogens is 2. The number of hydrogen-bond donors (Lipinski definition) is 0. The molecule has 4 aliphatic carbocycles. The number of fused-ring (bicyclic) bond motifs is 2. The van der Waals surface area contributed by atoms with E-state index in [2.05, 4.69) is 23.8 Å². The van der Waals surface area contributed by atoms with Gasteiger partial charge in [-0.15, -0.1) is 0 Å². The van der Waals surface area contributed by atoms with Crippen LogP contribution in [0.25, 0.3) is 0 Å². The molecule has 0 saturated heterocycles. The third-order valence-electron chi connectivity index (χ3n) is 7.04. The molecule has 3 saturated carbocycles. The summed E-state index contributed by atoms with van der Waals surface area (Å²) in [5.41, 5.74) is -2.46. The Balaban J connectivity index is 0.000000590. The summed E-state index contributed by atoms with van der Waals surface area (Å²) in [4.78, 5) is 33.8. The number of aryl methyl sites for hydroxylation is 1. The number of carbonyl (C=O) groups is 3. The minimum Gasteiger partial charge on any atom is -0.547 e. The van der Waals surface area contributed by atoms with Gasteiger partial charge in [0.1, 0.15) is 5.78 Å². The normalized spacial score (nSPS) is 29.9. The van der Waals surface area contributed by atoms with Crippen LogP contribution in [0.3, 0.4) is 0 Å². The molecule has 0 radical (unpaired) electrons. The number of carbonyl (C=O) groups excluding carboxylic acids is 3. The first-order chi connectivity index (χ1) is 17.3. The number of ether oxygens (including phenoxy) is 2. The van der Waals surface area contributed by atoms with Gasteiger partial charge in [0, 0.05) is 18.3 Å². The van der Waals surface area contributed by atoms with E-state index in [0.29, 0.717) is 25.0 Å². The van der Waals surface area contributed by atoms with Crippen LogP contribution < -0.4 is 0 Å². The third kappa shape index (κ3) is 7.59. The highest BCUT2D eigenvalue weighted by Crippen LogP contribution is 2.64. The molecular formula is C31H50F2O6Si. The molecule has 0 unspecified atom stereocenters. The van der Waals surface area contributed by atoms with Gasteiger partial charge in [-0.1, -0.05) is 58.2 Å². The van der Waals surface area contributed by atoms with E-state index in [4.69, 9.17) is 9.16 Å². The number of alkyl halides is 2. The first kappa shape index (κ1) is 37.4. The fraction of sp³-hybridized carbons (Fsp3) is 0.645. The number of esters is 2. The Bertz CT molecular complexity index is 1040. The molecule has 0 amide bonds. The molecule has 3 fully saturated rings. The molecule has 1 aromatic rings. The SMILES string of the molecule is C.C.C.CCOC(=O)[C@@]1(F)[C@@H]2CC=C(O[Si](C)(C)C)[C@@H]21.CCOC(=O)[C@@]1(F)[C@@H]2CCC(=O)[C@@H]21.Cc1ccccc1. The van der Waals surface area contributed by atoms with E-state index >= 15 is 0 Å². The average Bonchev–Trinajstić information content (AvgIpc) is 3.41. The lowest BCUT2D eigenvalue weighted by Crippen LogP contribution is -2.29. The summed E-state index contributed by atoms with van der Waals surface area (Å²) in [5, 5.41) is 0. The molecule has 6 atom stereocenters. The Morgan fingerprint density at radius 2 is 1.40 bits per heavy atom. The van der Waals surface area contributed by atoms with Crippen molar-refractivity contribution in [1.82, 2.24) is 0 Å². The van der Waals surface area contributed by atoms with Gasteiger partial charge in [-0.25, -0.2) is 18.4 Å². The zero-order valence-electron chi connectivity index (χ0n) is 22.5. The quantitative estimate of drug-likeness (QED) is 0.256. The van der Waals surface area contributed by atoms with E-state index in [1.165, 1.54) is 5.56 Å². The number of Topliss-reactive ketones (excluding diaryl/α,β-unsaturated/α-hetero) is 1. The van der Waals surface area contributed by atoms with Crippen LogP contribution in [-0.4, -0.2) is 50.6 Å². The second-order valence-corrected chi connectivity index (χ2v) is 15.3. The Kier molecular flexibility index (Phi) is 13.5. The summed E-state index contributed by atoms with van der Waals surface area (Å²) >= 11 is 0. The molecule has 6 nitrogen and oxygen atoms in total. The molecule has 5 rings (SSSR count). The van der Waals surface area contributed by atoms with Crippen molar-refractivity contribution in [2.24, 2.45) is 23.7 Å². The zero-order valence-corrected chi connectivity index (χ0v) is 23.5. The summed E-state index contributed by atoms with van der Waals surface area (Å²) < 4.78 is 43.4. The topological polar surface area (TPSA) is 78.9 Å². The fourth-order valence-corrected chi connectivity index (χ4v) is 6.17. The minimum absolute atomic E-state index is 0. The highest BCUT2D eigenvalue weighted by molar-refractivity contribution is 6.70. The van der Waals surface area contributed by atoms with Crippen molar-refractivity contribution in [3.05, 3.63) is 47.7 Å². The Labute approximate surface area is 241 Å². The second kappa shape index (κ2) is 14.4. The molecule has 0 heterocycles. The summed E-state index contributed by atoms with van der Waals surface area (Å²) in [6.07, 6.45) is 3.42. The maximum absolute atomic E-state index is 14.4. The van der Waals surface area contributed by atoms with Gasteiger partial charge < -0.3 is 13.9 Å². The van der Waals surface area contributed by atoms with Gasteiger partial charge in [0.15, 0.2) is 0 Å². The lowest BCUT2D eigenvalue weighted by Gasteiger charge is -2.22. The molecule has 228 valence electrons. The van der Waals surface area contributed by atoms with Crippen molar-refractivity contribution < 1.29 is 37.1 Å². The van der Waals surface area contributed by atoms with Crippen molar-refractivity contribution in [3.8, 4) is 0 Å². The summed E-state index contributed by atoms with van der Waals surface area (Å²) in [5.74, 6) is -2.75. The van der Waals surface area contributed by atoms with Crippen LogP contribution in [0.1, 0.15) is 61.0 Å². The lowest BCUT2D eigenvalue weighted by atomic mass is 10.1. The smallest absolute Gasteiger partial charge is 0.345 e. The molecular weight excluding hydrogens is 534 g/mol. The number of rotatable bonds is 6. The van der Waals surface area contributed by atoms with Crippen LogP contribution in [0.4, 0.5) is 8.78 Å². The average molecular weight is 585 g/mol. The molecule has 0 spiro atoms. The highest BCUT2D eigenvalue weighted by Gasteiger charge is 2.77. The summed E-state index contributed by atoms with van der Waals surface area (Å²) in [7, 11) is -1.74. The fourth-order valence-electron chi connectivity index (χ4n) is 5.25. The van der Waals surface area contributed by atoms with Crippen LogP contribution >= 0.6 is 0 Å². The van der Waals surface area contributed by atoms with Crippen LogP contribution in [0.2, 0.25) is 19.6 Å². The van der Waals surface area contributed by atoms with Gasteiger partial charge in [0.25, 0.3) is 0 Å².